The van der Waals surface area contributed by atoms with Crippen LogP contribution in [0.4, 0.5) is 15.8 Å². The van der Waals surface area contributed by atoms with E-state index in [2.05, 4.69) is 21.2 Å². The Hall–Kier alpha value is -1.57. The van der Waals surface area contributed by atoms with Crippen molar-refractivity contribution in [3.63, 3.8) is 0 Å². The lowest BCUT2D eigenvalue weighted by molar-refractivity contribution is 0.631. The van der Waals surface area contributed by atoms with Crippen LogP contribution in [0.5, 0.6) is 0 Å². The van der Waals surface area contributed by atoms with E-state index in [9.17, 15) is 4.39 Å². The van der Waals surface area contributed by atoms with Gasteiger partial charge in [0, 0.05) is 0 Å². The Balaban J connectivity index is 2.35. The van der Waals surface area contributed by atoms with Gasteiger partial charge in [0.2, 0.25) is 0 Å². The Morgan fingerprint density at radius 1 is 1.22 bits per heavy atom. The van der Waals surface area contributed by atoms with Crippen LogP contribution >= 0.6 is 27.5 Å². The van der Waals surface area contributed by atoms with Crippen LogP contribution in [0.1, 0.15) is 5.56 Å². The van der Waals surface area contributed by atoms with Crippen molar-refractivity contribution in [2.45, 2.75) is 0 Å². The van der Waals surface area contributed by atoms with Crippen LogP contribution in [0, 0.1) is 17.1 Å². The third-order valence-electron chi connectivity index (χ3n) is 2.32. The topological polar surface area (TPSA) is 35.8 Å². The molecule has 0 atom stereocenters. The molecular weight excluding hydrogens is 319 g/mol. The summed E-state index contributed by atoms with van der Waals surface area (Å²) in [6, 6.07) is 11.4. The van der Waals surface area contributed by atoms with Crippen LogP contribution in [0.25, 0.3) is 0 Å². The molecule has 2 aromatic rings. The summed E-state index contributed by atoms with van der Waals surface area (Å²) in [6.45, 7) is 0. The number of anilines is 2. The van der Waals surface area contributed by atoms with Crippen molar-refractivity contribution in [3.05, 3.63) is 57.3 Å². The van der Waals surface area contributed by atoms with Gasteiger partial charge in [-0.3, -0.25) is 0 Å². The van der Waals surface area contributed by atoms with E-state index in [1.165, 1.54) is 12.1 Å². The van der Waals surface area contributed by atoms with Gasteiger partial charge in [0.25, 0.3) is 0 Å². The zero-order chi connectivity index (χ0) is 13.1. The molecule has 2 nitrogen and oxygen atoms in total. The summed E-state index contributed by atoms with van der Waals surface area (Å²) in [7, 11) is 0. The fraction of sp³-hybridized carbons (Fsp3) is 0. The van der Waals surface area contributed by atoms with Crippen molar-refractivity contribution in [1.82, 2.24) is 0 Å². The highest BCUT2D eigenvalue weighted by Gasteiger charge is 2.07. The predicted molar refractivity (Wildman–Crippen MR) is 73.5 cm³/mol. The molecule has 0 unspecified atom stereocenters. The molecule has 0 saturated carbocycles. The summed E-state index contributed by atoms with van der Waals surface area (Å²) in [4.78, 5) is 0. The Morgan fingerprint density at radius 2 is 2.00 bits per heavy atom. The number of nitrogens with zero attached hydrogens (tertiary/aromatic N) is 1. The highest BCUT2D eigenvalue weighted by atomic mass is 79.9. The van der Waals surface area contributed by atoms with E-state index in [1.54, 1.807) is 24.3 Å². The number of hydrogen-bond donors (Lipinski definition) is 1. The molecule has 0 heterocycles. The first kappa shape index (κ1) is 12.9. The number of rotatable bonds is 2. The first-order valence-electron chi connectivity index (χ1n) is 5.02. The largest absolute Gasteiger partial charge is 0.352 e. The monoisotopic (exact) mass is 324 g/mol. The van der Waals surface area contributed by atoms with E-state index in [0.717, 1.165) is 0 Å². The van der Waals surface area contributed by atoms with E-state index < -0.39 is 5.82 Å². The maximum atomic E-state index is 13.7. The normalized spacial score (nSPS) is 9.89. The van der Waals surface area contributed by atoms with Crippen molar-refractivity contribution in [3.8, 4) is 6.07 Å². The van der Waals surface area contributed by atoms with E-state index in [-0.39, 0.29) is 11.3 Å². The quantitative estimate of drug-likeness (QED) is 0.856. The third kappa shape index (κ3) is 2.63. The van der Waals surface area contributed by atoms with E-state index >= 15 is 0 Å². The molecule has 90 valence electrons. The van der Waals surface area contributed by atoms with Crippen molar-refractivity contribution < 1.29 is 4.39 Å². The highest BCUT2D eigenvalue weighted by Crippen LogP contribution is 2.32. The lowest BCUT2D eigenvalue weighted by atomic mass is 10.2. The van der Waals surface area contributed by atoms with E-state index in [4.69, 9.17) is 16.9 Å². The Bertz CT molecular complexity index is 637. The zero-order valence-electron chi connectivity index (χ0n) is 9.05. The van der Waals surface area contributed by atoms with Gasteiger partial charge in [-0.1, -0.05) is 17.7 Å². The molecule has 0 aliphatic heterocycles. The van der Waals surface area contributed by atoms with Crippen molar-refractivity contribution >= 4 is 38.9 Å². The Morgan fingerprint density at radius 3 is 2.67 bits per heavy atom. The summed E-state index contributed by atoms with van der Waals surface area (Å²) in [6.07, 6.45) is 0. The number of halogens is 3. The van der Waals surface area contributed by atoms with Crippen LogP contribution in [0.3, 0.4) is 0 Å². The van der Waals surface area contributed by atoms with Gasteiger partial charge in [-0.25, -0.2) is 4.39 Å². The third-order valence-corrected chi connectivity index (χ3v) is 3.72. The highest BCUT2D eigenvalue weighted by molar-refractivity contribution is 9.10. The van der Waals surface area contributed by atoms with Crippen molar-refractivity contribution in [2.24, 2.45) is 0 Å². The molecule has 2 aromatic carbocycles. The first-order valence-corrected chi connectivity index (χ1v) is 6.19. The number of nitrogens with one attached hydrogen (secondary N) is 1. The second-order valence-electron chi connectivity index (χ2n) is 3.53. The van der Waals surface area contributed by atoms with Gasteiger partial charge in [0.1, 0.15) is 5.82 Å². The van der Waals surface area contributed by atoms with Gasteiger partial charge in [-0.2, -0.15) is 5.26 Å². The lowest BCUT2D eigenvalue weighted by Gasteiger charge is -2.10. The molecule has 0 aliphatic rings. The van der Waals surface area contributed by atoms with Crippen LogP contribution in [-0.4, -0.2) is 0 Å². The summed E-state index contributed by atoms with van der Waals surface area (Å²) in [5.41, 5.74) is 1.23. The molecule has 18 heavy (non-hydrogen) atoms. The summed E-state index contributed by atoms with van der Waals surface area (Å²) >= 11 is 9.26. The summed E-state index contributed by atoms with van der Waals surface area (Å²) < 4.78 is 14.4. The molecule has 5 heteroatoms. The standard InChI is InChI=1S/C13H7BrClFN2/c14-13-9(15)2-1-3-12(13)18-11-5-4-8(7-17)6-10(11)16/h1-6,18H. The molecule has 1 N–H and O–H groups in total. The van der Waals surface area contributed by atoms with Gasteiger partial charge < -0.3 is 5.32 Å². The Labute approximate surface area is 117 Å². The van der Waals surface area contributed by atoms with E-state index in [1.807, 2.05) is 6.07 Å². The van der Waals surface area contributed by atoms with Gasteiger partial charge in [0.05, 0.1) is 32.5 Å². The predicted octanol–water partition coefficient (Wildman–Crippen LogP) is 4.86. The van der Waals surface area contributed by atoms with Crippen molar-refractivity contribution in [1.29, 1.82) is 5.26 Å². The van der Waals surface area contributed by atoms with Gasteiger partial charge in [-0.15, -0.1) is 0 Å². The van der Waals surface area contributed by atoms with Gasteiger partial charge in [0.15, 0.2) is 0 Å². The molecular formula is C13H7BrClFN2. The van der Waals surface area contributed by atoms with Crippen molar-refractivity contribution in [2.75, 3.05) is 5.32 Å². The van der Waals surface area contributed by atoms with Crippen LogP contribution < -0.4 is 5.32 Å². The van der Waals surface area contributed by atoms with Crippen LogP contribution in [-0.2, 0) is 0 Å². The first-order chi connectivity index (χ1) is 8.61. The molecule has 0 spiro atoms. The average Bonchev–Trinajstić information content (AvgIpc) is 2.37. The maximum absolute atomic E-state index is 13.7. The van der Waals surface area contributed by atoms with Gasteiger partial charge >= 0.3 is 0 Å². The second kappa shape index (κ2) is 5.38. The zero-order valence-corrected chi connectivity index (χ0v) is 11.4. The van der Waals surface area contributed by atoms with Gasteiger partial charge in [-0.05, 0) is 46.3 Å². The minimum atomic E-state index is -0.485. The lowest BCUT2D eigenvalue weighted by Crippen LogP contribution is -1.95. The van der Waals surface area contributed by atoms with E-state index in [0.29, 0.717) is 15.2 Å². The van der Waals surface area contributed by atoms with Crippen LogP contribution in [0.2, 0.25) is 5.02 Å². The number of hydrogen-bond acceptors (Lipinski definition) is 2. The second-order valence-corrected chi connectivity index (χ2v) is 4.73. The fourth-order valence-corrected chi connectivity index (χ4v) is 1.97. The number of benzene rings is 2. The molecule has 0 aromatic heterocycles. The fourth-order valence-electron chi connectivity index (χ4n) is 1.43. The Kier molecular flexibility index (Phi) is 3.85. The average molecular weight is 326 g/mol. The minimum absolute atomic E-state index is 0.281. The molecule has 0 bridgehead atoms. The molecule has 2 rings (SSSR count). The summed E-state index contributed by atoms with van der Waals surface area (Å²) in [5, 5.41) is 12.1. The molecule has 0 radical (unpaired) electrons. The summed E-state index contributed by atoms with van der Waals surface area (Å²) in [5.74, 6) is -0.485. The van der Waals surface area contributed by atoms with Crippen LogP contribution in [0.15, 0.2) is 40.9 Å². The molecule has 0 saturated heterocycles. The minimum Gasteiger partial charge on any atom is -0.352 e. The molecule has 0 aliphatic carbocycles. The maximum Gasteiger partial charge on any atom is 0.147 e. The number of nitriles is 1. The molecule has 0 amide bonds. The smallest absolute Gasteiger partial charge is 0.147 e. The molecule has 0 fully saturated rings. The SMILES string of the molecule is N#Cc1ccc(Nc2cccc(Cl)c2Br)c(F)c1.